The summed E-state index contributed by atoms with van der Waals surface area (Å²) in [5.41, 5.74) is 0.971. The fourth-order valence-electron chi connectivity index (χ4n) is 2.22. The molecule has 0 aliphatic carbocycles. The number of rotatable bonds is 4. The number of benzene rings is 1. The van der Waals surface area contributed by atoms with E-state index in [0.29, 0.717) is 12.5 Å². The molecule has 1 aromatic carbocycles. The van der Waals surface area contributed by atoms with Gasteiger partial charge < -0.3 is 9.88 Å². The van der Waals surface area contributed by atoms with Crippen LogP contribution in [0.3, 0.4) is 0 Å². The predicted molar refractivity (Wildman–Crippen MR) is 84.2 cm³/mol. The Bertz CT molecular complexity index is 760. The summed E-state index contributed by atoms with van der Waals surface area (Å²) in [5.74, 6) is 3.00. The zero-order valence-electron chi connectivity index (χ0n) is 12.5. The van der Waals surface area contributed by atoms with E-state index in [2.05, 4.69) is 34.1 Å². The van der Waals surface area contributed by atoms with E-state index >= 15 is 0 Å². The Morgan fingerprint density at radius 1 is 1.19 bits per heavy atom. The van der Waals surface area contributed by atoms with Crippen LogP contribution in [0, 0.1) is 0 Å². The summed E-state index contributed by atoms with van der Waals surface area (Å²) >= 11 is 0. The summed E-state index contributed by atoms with van der Waals surface area (Å²) in [6, 6.07) is 8.07. The number of imidazole rings is 1. The minimum atomic E-state index is 0.295. The SMILES string of the molecule is CC(C)c1nc(NCc2nccn2C)c2ccccc2n1. The third-order valence-electron chi connectivity index (χ3n) is 3.47. The van der Waals surface area contributed by atoms with Crippen LogP contribution in [0.25, 0.3) is 10.9 Å². The quantitative estimate of drug-likeness (QED) is 0.798. The Labute approximate surface area is 124 Å². The average Bonchev–Trinajstić information content (AvgIpc) is 2.89. The van der Waals surface area contributed by atoms with Crippen molar-refractivity contribution < 1.29 is 0 Å². The van der Waals surface area contributed by atoms with Crippen molar-refractivity contribution in [1.29, 1.82) is 0 Å². The van der Waals surface area contributed by atoms with Crippen LogP contribution in [0.4, 0.5) is 5.82 Å². The number of nitrogens with one attached hydrogen (secondary N) is 1. The number of fused-ring (bicyclic) bond motifs is 1. The molecule has 0 amide bonds. The van der Waals surface area contributed by atoms with Crippen molar-refractivity contribution in [3.05, 3.63) is 48.3 Å². The Balaban J connectivity index is 1.98. The van der Waals surface area contributed by atoms with Gasteiger partial charge in [0, 0.05) is 30.7 Å². The normalized spacial score (nSPS) is 11.2. The average molecular weight is 281 g/mol. The van der Waals surface area contributed by atoms with Crippen molar-refractivity contribution in [2.24, 2.45) is 7.05 Å². The summed E-state index contributed by atoms with van der Waals surface area (Å²) in [6.07, 6.45) is 3.74. The monoisotopic (exact) mass is 281 g/mol. The first-order valence-corrected chi connectivity index (χ1v) is 7.12. The maximum Gasteiger partial charge on any atom is 0.138 e. The van der Waals surface area contributed by atoms with Crippen LogP contribution in [-0.4, -0.2) is 19.5 Å². The van der Waals surface area contributed by atoms with Gasteiger partial charge in [0.25, 0.3) is 0 Å². The summed E-state index contributed by atoms with van der Waals surface area (Å²) in [4.78, 5) is 13.6. The van der Waals surface area contributed by atoms with Gasteiger partial charge in [-0.2, -0.15) is 0 Å². The highest BCUT2D eigenvalue weighted by atomic mass is 15.1. The lowest BCUT2D eigenvalue weighted by molar-refractivity contribution is 0.777. The molecule has 5 nitrogen and oxygen atoms in total. The molecule has 0 atom stereocenters. The van der Waals surface area contributed by atoms with E-state index < -0.39 is 0 Å². The number of para-hydroxylation sites is 1. The molecular weight excluding hydrogens is 262 g/mol. The number of aromatic nitrogens is 4. The van der Waals surface area contributed by atoms with Crippen molar-refractivity contribution in [3.63, 3.8) is 0 Å². The smallest absolute Gasteiger partial charge is 0.138 e. The highest BCUT2D eigenvalue weighted by Crippen LogP contribution is 2.23. The summed E-state index contributed by atoms with van der Waals surface area (Å²) in [7, 11) is 1.99. The lowest BCUT2D eigenvalue weighted by atomic mass is 10.1. The first kappa shape index (κ1) is 13.5. The van der Waals surface area contributed by atoms with Crippen molar-refractivity contribution in [2.45, 2.75) is 26.3 Å². The molecule has 0 spiro atoms. The third-order valence-corrected chi connectivity index (χ3v) is 3.47. The Morgan fingerprint density at radius 3 is 2.71 bits per heavy atom. The fraction of sp³-hybridized carbons (Fsp3) is 0.312. The van der Waals surface area contributed by atoms with Crippen LogP contribution in [0.15, 0.2) is 36.7 Å². The van der Waals surface area contributed by atoms with Crippen LogP contribution in [0.1, 0.15) is 31.4 Å². The molecule has 0 radical (unpaired) electrons. The van der Waals surface area contributed by atoms with Gasteiger partial charge in [-0.15, -0.1) is 0 Å². The zero-order valence-corrected chi connectivity index (χ0v) is 12.5. The van der Waals surface area contributed by atoms with E-state index in [1.807, 2.05) is 42.1 Å². The second kappa shape index (κ2) is 5.52. The van der Waals surface area contributed by atoms with Crippen LogP contribution >= 0.6 is 0 Å². The van der Waals surface area contributed by atoms with Crippen molar-refractivity contribution in [2.75, 3.05) is 5.32 Å². The molecular formula is C16H19N5. The van der Waals surface area contributed by atoms with E-state index in [-0.39, 0.29) is 0 Å². The second-order valence-electron chi connectivity index (χ2n) is 5.41. The predicted octanol–water partition coefficient (Wildman–Crippen LogP) is 3.10. The molecule has 0 bridgehead atoms. The van der Waals surface area contributed by atoms with Crippen molar-refractivity contribution in [3.8, 4) is 0 Å². The van der Waals surface area contributed by atoms with Crippen molar-refractivity contribution >= 4 is 16.7 Å². The molecule has 21 heavy (non-hydrogen) atoms. The van der Waals surface area contributed by atoms with Gasteiger partial charge in [0.15, 0.2) is 0 Å². The summed E-state index contributed by atoms with van der Waals surface area (Å²) in [6.45, 7) is 4.85. The van der Waals surface area contributed by atoms with Gasteiger partial charge in [0.05, 0.1) is 12.1 Å². The highest BCUT2D eigenvalue weighted by molar-refractivity contribution is 5.88. The van der Waals surface area contributed by atoms with Crippen LogP contribution < -0.4 is 5.32 Å². The minimum absolute atomic E-state index is 0.295. The zero-order chi connectivity index (χ0) is 14.8. The molecule has 5 heteroatoms. The summed E-state index contributed by atoms with van der Waals surface area (Å²) in [5, 5.41) is 4.43. The number of nitrogens with zero attached hydrogens (tertiary/aromatic N) is 4. The number of hydrogen-bond donors (Lipinski definition) is 1. The Morgan fingerprint density at radius 2 is 2.00 bits per heavy atom. The Hall–Kier alpha value is -2.43. The van der Waals surface area contributed by atoms with Gasteiger partial charge in [0.1, 0.15) is 17.5 Å². The van der Waals surface area contributed by atoms with Gasteiger partial charge in [-0.05, 0) is 12.1 Å². The summed E-state index contributed by atoms with van der Waals surface area (Å²) < 4.78 is 2.00. The second-order valence-corrected chi connectivity index (χ2v) is 5.41. The van der Waals surface area contributed by atoms with E-state index in [1.54, 1.807) is 6.20 Å². The lowest BCUT2D eigenvalue weighted by Crippen LogP contribution is -2.09. The molecule has 0 saturated heterocycles. The minimum Gasteiger partial charge on any atom is -0.362 e. The number of aryl methyl sites for hydroxylation is 1. The lowest BCUT2D eigenvalue weighted by Gasteiger charge is -2.12. The van der Waals surface area contributed by atoms with Crippen LogP contribution in [0.5, 0.6) is 0 Å². The van der Waals surface area contributed by atoms with E-state index in [9.17, 15) is 0 Å². The number of hydrogen-bond acceptors (Lipinski definition) is 4. The van der Waals surface area contributed by atoms with Gasteiger partial charge >= 0.3 is 0 Å². The number of anilines is 1. The standard InChI is InChI=1S/C16H19N5/c1-11(2)15-19-13-7-5-4-6-12(13)16(20-15)18-10-14-17-8-9-21(14)3/h4-9,11H,10H2,1-3H3,(H,18,19,20). The molecule has 0 aliphatic heterocycles. The molecule has 3 rings (SSSR count). The molecule has 0 unspecified atom stereocenters. The molecule has 108 valence electrons. The van der Waals surface area contributed by atoms with Crippen LogP contribution in [-0.2, 0) is 13.6 Å². The van der Waals surface area contributed by atoms with E-state index in [0.717, 1.165) is 28.4 Å². The van der Waals surface area contributed by atoms with Crippen LogP contribution in [0.2, 0.25) is 0 Å². The third kappa shape index (κ3) is 2.72. The fourth-order valence-corrected chi connectivity index (χ4v) is 2.22. The molecule has 2 aromatic heterocycles. The molecule has 0 saturated carbocycles. The first-order chi connectivity index (χ1) is 10.1. The van der Waals surface area contributed by atoms with Gasteiger partial charge in [0.2, 0.25) is 0 Å². The highest BCUT2D eigenvalue weighted by Gasteiger charge is 2.10. The Kier molecular flexibility index (Phi) is 3.56. The molecule has 0 fully saturated rings. The molecule has 2 heterocycles. The maximum atomic E-state index is 4.67. The molecule has 1 N–H and O–H groups in total. The molecule has 0 aliphatic rings. The first-order valence-electron chi connectivity index (χ1n) is 7.12. The van der Waals surface area contributed by atoms with Gasteiger partial charge in [-0.3, -0.25) is 0 Å². The topological polar surface area (TPSA) is 55.6 Å². The molecule has 3 aromatic rings. The van der Waals surface area contributed by atoms with E-state index in [4.69, 9.17) is 0 Å². The largest absolute Gasteiger partial charge is 0.362 e. The van der Waals surface area contributed by atoms with E-state index in [1.165, 1.54) is 0 Å². The van der Waals surface area contributed by atoms with Gasteiger partial charge in [-0.1, -0.05) is 26.0 Å². The maximum absolute atomic E-state index is 4.67. The van der Waals surface area contributed by atoms with Crippen molar-refractivity contribution in [1.82, 2.24) is 19.5 Å². The van der Waals surface area contributed by atoms with Gasteiger partial charge in [-0.25, -0.2) is 15.0 Å².